The molecule has 0 spiro atoms. The molecule has 3 aromatic heterocycles. The molecule has 4 rings (SSSR count). The monoisotopic (exact) mass is 377 g/mol. The Balaban J connectivity index is 1.56. The van der Waals surface area contributed by atoms with Crippen molar-refractivity contribution in [3.63, 3.8) is 0 Å². The van der Waals surface area contributed by atoms with Crippen molar-refractivity contribution in [2.24, 2.45) is 0 Å². The third-order valence-corrected chi connectivity index (χ3v) is 6.10. The van der Waals surface area contributed by atoms with Crippen molar-refractivity contribution in [3.8, 4) is 11.3 Å². The van der Waals surface area contributed by atoms with Gasteiger partial charge >= 0.3 is 0 Å². The maximum Gasteiger partial charge on any atom is 0.243 e. The first kappa shape index (κ1) is 15.5. The van der Waals surface area contributed by atoms with Crippen LogP contribution >= 0.6 is 23.1 Å². The van der Waals surface area contributed by atoms with Crippen molar-refractivity contribution in [2.45, 2.75) is 11.4 Å². The maximum atomic E-state index is 12.5. The second-order valence-corrected chi connectivity index (χ2v) is 8.03. The van der Waals surface area contributed by atoms with Gasteiger partial charge in [0.1, 0.15) is 27.4 Å². The Morgan fingerprint density at radius 1 is 1.12 bits per heavy atom. The lowest BCUT2D eigenvalue weighted by Crippen LogP contribution is -2.23. The lowest BCUT2D eigenvalue weighted by Gasteiger charge is -2.05. The lowest BCUT2D eigenvalue weighted by molar-refractivity contribution is 0.510. The molecule has 1 aromatic carbocycles. The number of hydrogen-bond donors (Lipinski definition) is 1. The molecule has 1 N–H and O–H groups in total. The number of thiophene rings is 1. The fourth-order valence-corrected chi connectivity index (χ4v) is 4.68. The Kier molecular flexibility index (Phi) is 3.93. The Morgan fingerprint density at radius 2 is 2.04 bits per heavy atom. The van der Waals surface area contributed by atoms with Crippen molar-refractivity contribution < 1.29 is 12.8 Å². The van der Waals surface area contributed by atoms with Crippen molar-refractivity contribution >= 4 is 44.1 Å². The SMILES string of the molecule is O=S(=O)(NCc1ccc(-c2ccsc2)o1)c1cccc2nsnc12. The molecule has 0 amide bonds. The zero-order valence-corrected chi connectivity index (χ0v) is 14.6. The molecular formula is C15H11N3O3S3. The van der Waals surface area contributed by atoms with Crippen LogP contribution in [0.15, 0.2) is 56.5 Å². The Bertz CT molecular complexity index is 1080. The Hall–Kier alpha value is -2.07. The molecule has 24 heavy (non-hydrogen) atoms. The molecule has 122 valence electrons. The summed E-state index contributed by atoms with van der Waals surface area (Å²) in [5, 5.41) is 3.94. The predicted molar refractivity (Wildman–Crippen MR) is 93.5 cm³/mol. The number of furan rings is 1. The van der Waals surface area contributed by atoms with Gasteiger partial charge in [0.25, 0.3) is 0 Å². The van der Waals surface area contributed by atoms with Crippen LogP contribution in [0.25, 0.3) is 22.4 Å². The van der Waals surface area contributed by atoms with Crippen molar-refractivity contribution in [2.75, 3.05) is 0 Å². The summed E-state index contributed by atoms with van der Waals surface area (Å²) in [4.78, 5) is 0.123. The standard InChI is InChI=1S/C15H11N3O3S3/c19-24(20,14-3-1-2-12-15(14)18-23-17-12)16-8-11-4-5-13(21-11)10-6-7-22-9-10/h1-7,9,16H,8H2. The fraction of sp³-hybridized carbons (Fsp3) is 0.0667. The van der Waals surface area contributed by atoms with Crippen molar-refractivity contribution in [1.82, 2.24) is 13.5 Å². The molecule has 6 nitrogen and oxygen atoms in total. The summed E-state index contributed by atoms with van der Waals surface area (Å²) in [7, 11) is -3.70. The maximum absolute atomic E-state index is 12.5. The van der Waals surface area contributed by atoms with Gasteiger partial charge in [0.05, 0.1) is 18.3 Å². The minimum Gasteiger partial charge on any atom is -0.460 e. The van der Waals surface area contributed by atoms with E-state index in [-0.39, 0.29) is 11.4 Å². The molecule has 0 fully saturated rings. The molecule has 0 aliphatic heterocycles. The quantitative estimate of drug-likeness (QED) is 0.575. The Morgan fingerprint density at radius 3 is 2.88 bits per heavy atom. The summed E-state index contributed by atoms with van der Waals surface area (Å²) in [5.74, 6) is 1.26. The number of fused-ring (bicyclic) bond motifs is 1. The van der Waals surface area contributed by atoms with Gasteiger partial charge in [-0.2, -0.15) is 20.1 Å². The Labute approximate surface area is 146 Å². The molecule has 0 saturated heterocycles. The number of rotatable bonds is 5. The van der Waals surface area contributed by atoms with E-state index in [1.54, 1.807) is 29.5 Å². The van der Waals surface area contributed by atoms with Gasteiger partial charge in [-0.3, -0.25) is 0 Å². The molecule has 0 saturated carbocycles. The van der Waals surface area contributed by atoms with Gasteiger partial charge in [0, 0.05) is 10.9 Å². The second-order valence-electron chi connectivity index (χ2n) is 4.99. The first-order chi connectivity index (χ1) is 11.6. The van der Waals surface area contributed by atoms with Crippen LogP contribution < -0.4 is 4.72 Å². The number of hydrogen-bond acceptors (Lipinski definition) is 7. The van der Waals surface area contributed by atoms with Gasteiger partial charge in [0.2, 0.25) is 10.0 Å². The summed E-state index contributed by atoms with van der Waals surface area (Å²) in [6, 6.07) is 10.5. The van der Waals surface area contributed by atoms with E-state index >= 15 is 0 Å². The van der Waals surface area contributed by atoms with E-state index in [0.29, 0.717) is 16.8 Å². The highest BCUT2D eigenvalue weighted by molar-refractivity contribution is 7.89. The van der Waals surface area contributed by atoms with E-state index in [1.165, 1.54) is 6.07 Å². The number of benzene rings is 1. The summed E-state index contributed by atoms with van der Waals surface area (Å²) in [5.41, 5.74) is 1.93. The third kappa shape index (κ3) is 2.86. The first-order valence-electron chi connectivity index (χ1n) is 6.96. The lowest BCUT2D eigenvalue weighted by atomic mass is 10.3. The molecule has 0 unspecified atom stereocenters. The first-order valence-corrected chi connectivity index (χ1v) is 10.1. The van der Waals surface area contributed by atoms with E-state index in [0.717, 1.165) is 23.1 Å². The smallest absolute Gasteiger partial charge is 0.243 e. The van der Waals surface area contributed by atoms with Crippen LogP contribution in [0.5, 0.6) is 0 Å². The van der Waals surface area contributed by atoms with Crippen LogP contribution in [-0.4, -0.2) is 17.2 Å². The zero-order valence-electron chi connectivity index (χ0n) is 12.2. The van der Waals surface area contributed by atoms with Gasteiger partial charge in [-0.1, -0.05) is 6.07 Å². The molecule has 0 aliphatic carbocycles. The molecule has 4 aromatic rings. The topological polar surface area (TPSA) is 85.1 Å². The average Bonchev–Trinajstić information content (AvgIpc) is 3.32. The van der Waals surface area contributed by atoms with E-state index < -0.39 is 10.0 Å². The predicted octanol–water partition coefficient (Wildman–Crippen LogP) is 3.49. The highest BCUT2D eigenvalue weighted by Gasteiger charge is 2.20. The highest BCUT2D eigenvalue weighted by Crippen LogP contribution is 2.25. The van der Waals surface area contributed by atoms with Crippen LogP contribution in [0.2, 0.25) is 0 Å². The molecule has 0 aliphatic rings. The molecular weight excluding hydrogens is 366 g/mol. The normalized spacial score (nSPS) is 12.0. The van der Waals surface area contributed by atoms with E-state index in [2.05, 4.69) is 13.5 Å². The minimum absolute atomic E-state index is 0.0699. The summed E-state index contributed by atoms with van der Waals surface area (Å²) < 4.78 is 41.4. The molecule has 9 heteroatoms. The van der Waals surface area contributed by atoms with Crippen LogP contribution in [0, 0.1) is 0 Å². The van der Waals surface area contributed by atoms with Gasteiger partial charge in [-0.05, 0) is 35.7 Å². The summed E-state index contributed by atoms with van der Waals surface area (Å²) in [6.45, 7) is 0.0699. The van der Waals surface area contributed by atoms with Crippen LogP contribution in [0.3, 0.4) is 0 Å². The molecule has 3 heterocycles. The van der Waals surface area contributed by atoms with Crippen molar-refractivity contribution in [3.05, 3.63) is 52.9 Å². The highest BCUT2D eigenvalue weighted by atomic mass is 32.2. The van der Waals surface area contributed by atoms with Gasteiger partial charge in [-0.25, -0.2) is 13.1 Å². The van der Waals surface area contributed by atoms with E-state index in [1.807, 2.05) is 22.9 Å². The van der Waals surface area contributed by atoms with E-state index in [4.69, 9.17) is 4.42 Å². The van der Waals surface area contributed by atoms with Gasteiger partial charge in [-0.15, -0.1) is 0 Å². The summed E-state index contributed by atoms with van der Waals surface area (Å²) >= 11 is 2.57. The summed E-state index contributed by atoms with van der Waals surface area (Å²) in [6.07, 6.45) is 0. The van der Waals surface area contributed by atoms with Crippen LogP contribution in [0.4, 0.5) is 0 Å². The van der Waals surface area contributed by atoms with Gasteiger partial charge < -0.3 is 4.42 Å². The zero-order chi connectivity index (χ0) is 16.6. The third-order valence-electron chi connectivity index (χ3n) is 3.44. The fourth-order valence-electron chi connectivity index (χ4n) is 2.27. The van der Waals surface area contributed by atoms with E-state index in [9.17, 15) is 8.42 Å². The molecule has 0 atom stereocenters. The molecule has 0 bridgehead atoms. The number of nitrogens with one attached hydrogen (secondary N) is 1. The number of aromatic nitrogens is 2. The number of nitrogens with zero attached hydrogens (tertiary/aromatic N) is 2. The number of sulfonamides is 1. The second kappa shape index (κ2) is 6.10. The van der Waals surface area contributed by atoms with Crippen LogP contribution in [0.1, 0.15) is 5.76 Å². The van der Waals surface area contributed by atoms with Crippen molar-refractivity contribution in [1.29, 1.82) is 0 Å². The van der Waals surface area contributed by atoms with Gasteiger partial charge in [0.15, 0.2) is 0 Å². The van der Waals surface area contributed by atoms with Crippen LogP contribution in [-0.2, 0) is 16.6 Å². The average molecular weight is 377 g/mol. The molecule has 0 radical (unpaired) electrons. The minimum atomic E-state index is -3.70. The largest absolute Gasteiger partial charge is 0.460 e.